The Kier molecular flexibility index (Phi) is 1.26. The van der Waals surface area contributed by atoms with Gasteiger partial charge in [0, 0.05) is 0 Å². The Morgan fingerprint density at radius 1 is 1.10 bits per heavy atom. The molecule has 0 aliphatic heterocycles. The summed E-state index contributed by atoms with van der Waals surface area (Å²) in [7, 11) is 0. The van der Waals surface area contributed by atoms with Crippen molar-refractivity contribution in [1.82, 2.24) is 0 Å². The van der Waals surface area contributed by atoms with Crippen LogP contribution in [0.15, 0.2) is 18.2 Å². The molecular formula is C10H11. The number of hydrogen-bond acceptors (Lipinski definition) is 0. The summed E-state index contributed by atoms with van der Waals surface area (Å²) in [4.78, 5) is 0. The molecule has 0 N–H and O–H groups in total. The molecule has 0 heterocycles. The fourth-order valence-electron chi connectivity index (χ4n) is 1.53. The van der Waals surface area contributed by atoms with Crippen molar-refractivity contribution >= 4 is 0 Å². The second-order valence-electron chi connectivity index (χ2n) is 2.97. The zero-order valence-electron chi connectivity index (χ0n) is 6.22. The van der Waals surface area contributed by atoms with Crippen LogP contribution in [0.3, 0.4) is 0 Å². The van der Waals surface area contributed by atoms with E-state index in [-0.39, 0.29) is 0 Å². The quantitative estimate of drug-likeness (QED) is 0.506. The highest BCUT2D eigenvalue weighted by Gasteiger charge is 2.09. The highest BCUT2D eigenvalue weighted by molar-refractivity contribution is 5.37. The normalized spacial score (nSPS) is 15.3. The van der Waals surface area contributed by atoms with Crippen molar-refractivity contribution in [3.05, 3.63) is 41.3 Å². The molecule has 2 rings (SSSR count). The third-order valence-corrected chi connectivity index (χ3v) is 2.09. The van der Waals surface area contributed by atoms with E-state index < -0.39 is 0 Å². The zero-order chi connectivity index (χ0) is 6.97. The van der Waals surface area contributed by atoms with Crippen LogP contribution in [0.1, 0.15) is 16.7 Å². The van der Waals surface area contributed by atoms with E-state index in [2.05, 4.69) is 31.5 Å². The first-order chi connectivity index (χ1) is 4.86. The van der Waals surface area contributed by atoms with E-state index in [4.69, 9.17) is 0 Å². The van der Waals surface area contributed by atoms with Crippen LogP contribution >= 0.6 is 0 Å². The predicted molar refractivity (Wildman–Crippen MR) is 42.9 cm³/mol. The molecule has 1 aromatic rings. The summed E-state index contributed by atoms with van der Waals surface area (Å²) in [5, 5.41) is 0. The topological polar surface area (TPSA) is 0 Å². The van der Waals surface area contributed by atoms with Crippen molar-refractivity contribution in [3.63, 3.8) is 0 Å². The van der Waals surface area contributed by atoms with E-state index in [1.807, 2.05) is 0 Å². The van der Waals surface area contributed by atoms with Crippen molar-refractivity contribution in [2.75, 3.05) is 0 Å². The van der Waals surface area contributed by atoms with Gasteiger partial charge in [-0.25, -0.2) is 0 Å². The van der Waals surface area contributed by atoms with Gasteiger partial charge in [0.15, 0.2) is 0 Å². The molecule has 1 aliphatic rings. The fraction of sp³-hybridized carbons (Fsp3) is 0.300. The smallest absolute Gasteiger partial charge is 0.0241 e. The summed E-state index contributed by atoms with van der Waals surface area (Å²) in [6, 6.07) is 6.73. The van der Waals surface area contributed by atoms with Crippen molar-refractivity contribution < 1.29 is 0 Å². The predicted octanol–water partition coefficient (Wildman–Crippen LogP) is 2.30. The van der Waals surface area contributed by atoms with E-state index >= 15 is 0 Å². The van der Waals surface area contributed by atoms with Crippen LogP contribution < -0.4 is 0 Å². The van der Waals surface area contributed by atoms with E-state index in [1.165, 1.54) is 29.5 Å². The highest BCUT2D eigenvalue weighted by atomic mass is 14.1. The molecule has 0 amide bonds. The Morgan fingerprint density at radius 2 is 1.90 bits per heavy atom. The Morgan fingerprint density at radius 3 is 2.80 bits per heavy atom. The molecule has 0 nitrogen and oxygen atoms in total. The summed E-state index contributed by atoms with van der Waals surface area (Å²) in [6.07, 6.45) is 4.69. The van der Waals surface area contributed by atoms with Crippen molar-refractivity contribution in [3.8, 4) is 0 Å². The second kappa shape index (κ2) is 2.12. The van der Waals surface area contributed by atoms with Gasteiger partial charge in [-0.05, 0) is 37.3 Å². The maximum absolute atomic E-state index is 2.34. The molecule has 1 aromatic carbocycles. The maximum Gasteiger partial charge on any atom is -0.0241 e. The number of hydrogen-bond donors (Lipinski definition) is 0. The number of rotatable bonds is 0. The minimum absolute atomic E-state index is 1.18. The van der Waals surface area contributed by atoms with Gasteiger partial charge in [-0.15, -0.1) is 0 Å². The van der Waals surface area contributed by atoms with Crippen LogP contribution in [0.5, 0.6) is 0 Å². The van der Waals surface area contributed by atoms with E-state index in [1.54, 1.807) is 0 Å². The molecule has 0 bridgehead atoms. The van der Waals surface area contributed by atoms with Crippen LogP contribution in [-0.2, 0) is 12.8 Å². The lowest BCUT2D eigenvalue weighted by Crippen LogP contribution is -1.81. The Hall–Kier alpha value is -0.780. The molecule has 0 aromatic heterocycles. The molecule has 0 unspecified atom stereocenters. The number of benzene rings is 1. The summed E-state index contributed by atoms with van der Waals surface area (Å²) in [6.45, 7) is 2.15. The fourth-order valence-corrected chi connectivity index (χ4v) is 1.53. The SMILES string of the molecule is Cc1ccc2c(c1)C[CH]C2. The molecule has 0 spiro atoms. The maximum atomic E-state index is 2.34. The standard InChI is InChI=1S/C10H11/c1-8-5-6-9-3-2-4-10(9)7-8/h2,5-7H,3-4H2,1H3. The number of aryl methyl sites for hydroxylation is 1. The van der Waals surface area contributed by atoms with Crippen molar-refractivity contribution in [2.24, 2.45) is 0 Å². The lowest BCUT2D eigenvalue weighted by molar-refractivity contribution is 1.17. The molecule has 0 saturated carbocycles. The molecule has 0 atom stereocenters. The summed E-state index contributed by atoms with van der Waals surface area (Å²) >= 11 is 0. The first kappa shape index (κ1) is 5.96. The largest absolute Gasteiger partial charge is 0.0590 e. The Balaban J connectivity index is 2.52. The molecule has 51 valence electrons. The van der Waals surface area contributed by atoms with Crippen LogP contribution in [-0.4, -0.2) is 0 Å². The third-order valence-electron chi connectivity index (χ3n) is 2.09. The molecule has 10 heavy (non-hydrogen) atoms. The van der Waals surface area contributed by atoms with E-state index in [0.29, 0.717) is 0 Å². The van der Waals surface area contributed by atoms with Gasteiger partial charge in [0.2, 0.25) is 0 Å². The van der Waals surface area contributed by atoms with E-state index in [9.17, 15) is 0 Å². The van der Waals surface area contributed by atoms with Gasteiger partial charge < -0.3 is 0 Å². The molecule has 0 saturated heterocycles. The molecule has 0 heteroatoms. The van der Waals surface area contributed by atoms with Gasteiger partial charge in [-0.2, -0.15) is 0 Å². The first-order valence-corrected chi connectivity index (χ1v) is 3.76. The monoisotopic (exact) mass is 131 g/mol. The van der Waals surface area contributed by atoms with Crippen LogP contribution in [0.4, 0.5) is 0 Å². The third kappa shape index (κ3) is 0.841. The average Bonchev–Trinajstić information content (AvgIpc) is 2.33. The van der Waals surface area contributed by atoms with E-state index in [0.717, 1.165) is 0 Å². The lowest BCUT2D eigenvalue weighted by Gasteiger charge is -1.98. The average molecular weight is 131 g/mol. The molecule has 1 radical (unpaired) electrons. The molecular weight excluding hydrogens is 120 g/mol. The van der Waals surface area contributed by atoms with Crippen LogP contribution in [0, 0.1) is 13.3 Å². The first-order valence-electron chi connectivity index (χ1n) is 3.76. The Labute approximate surface area is 61.9 Å². The van der Waals surface area contributed by atoms with Gasteiger partial charge in [0.1, 0.15) is 0 Å². The number of fused-ring (bicyclic) bond motifs is 1. The van der Waals surface area contributed by atoms with Crippen molar-refractivity contribution in [1.29, 1.82) is 0 Å². The van der Waals surface area contributed by atoms with Gasteiger partial charge in [-0.3, -0.25) is 0 Å². The zero-order valence-corrected chi connectivity index (χ0v) is 6.22. The van der Waals surface area contributed by atoms with Crippen LogP contribution in [0.2, 0.25) is 0 Å². The van der Waals surface area contributed by atoms with Gasteiger partial charge in [0.05, 0.1) is 0 Å². The highest BCUT2D eigenvalue weighted by Crippen LogP contribution is 2.21. The lowest BCUT2D eigenvalue weighted by atomic mass is 10.1. The second-order valence-corrected chi connectivity index (χ2v) is 2.97. The van der Waals surface area contributed by atoms with Crippen LogP contribution in [0.25, 0.3) is 0 Å². The molecule has 1 aliphatic carbocycles. The molecule has 0 fully saturated rings. The minimum Gasteiger partial charge on any atom is -0.0590 e. The minimum atomic E-state index is 1.18. The van der Waals surface area contributed by atoms with Crippen molar-refractivity contribution in [2.45, 2.75) is 19.8 Å². The van der Waals surface area contributed by atoms with Gasteiger partial charge in [0.25, 0.3) is 0 Å². The summed E-state index contributed by atoms with van der Waals surface area (Å²) < 4.78 is 0. The summed E-state index contributed by atoms with van der Waals surface area (Å²) in [5.41, 5.74) is 4.43. The summed E-state index contributed by atoms with van der Waals surface area (Å²) in [5.74, 6) is 0. The van der Waals surface area contributed by atoms with Gasteiger partial charge >= 0.3 is 0 Å². The Bertz CT molecular complexity index is 248. The van der Waals surface area contributed by atoms with Gasteiger partial charge in [-0.1, -0.05) is 23.8 Å².